The second kappa shape index (κ2) is 8.91. The van der Waals surface area contributed by atoms with Gasteiger partial charge in [0.25, 0.3) is 0 Å². The lowest BCUT2D eigenvalue weighted by Crippen LogP contribution is -2.23. The number of benzene rings is 1. The lowest BCUT2D eigenvalue weighted by Gasteiger charge is -2.12. The highest BCUT2D eigenvalue weighted by molar-refractivity contribution is 6.32. The number of anilines is 2. The molecule has 0 atom stereocenters. The predicted molar refractivity (Wildman–Crippen MR) is 97.5 cm³/mol. The number of aromatic nitrogens is 2. The SMILES string of the molecule is C#CCOc1cc(NC(=O)Nc2c(C(=O)OCC)cnn2C)c(F)cc1Cl. The van der Waals surface area contributed by atoms with Crippen molar-refractivity contribution in [2.45, 2.75) is 6.92 Å². The van der Waals surface area contributed by atoms with Gasteiger partial charge in [-0.15, -0.1) is 6.42 Å². The maximum atomic E-state index is 14.1. The monoisotopic (exact) mass is 394 g/mol. The number of hydrogen-bond donors (Lipinski definition) is 2. The predicted octanol–water partition coefficient (Wildman–Crippen LogP) is 3.05. The molecule has 8 nitrogen and oxygen atoms in total. The standard InChI is InChI=1S/C17H16ClFN4O4/c1-4-6-27-14-8-13(12(19)7-11(14)18)21-17(25)22-15-10(9-20-23(15)3)16(24)26-5-2/h1,7-9H,5-6H2,2-3H3,(H2,21,22,25). The first-order valence-corrected chi connectivity index (χ1v) is 8.07. The highest BCUT2D eigenvalue weighted by Gasteiger charge is 2.20. The lowest BCUT2D eigenvalue weighted by molar-refractivity contribution is 0.0527. The molecule has 0 aliphatic rings. The van der Waals surface area contributed by atoms with Gasteiger partial charge < -0.3 is 14.8 Å². The highest BCUT2D eigenvalue weighted by atomic mass is 35.5. The summed E-state index contributed by atoms with van der Waals surface area (Å²) in [6, 6.07) is 1.37. The quantitative estimate of drug-likeness (QED) is 0.580. The smallest absolute Gasteiger partial charge is 0.343 e. The van der Waals surface area contributed by atoms with Crippen molar-refractivity contribution in [1.82, 2.24) is 9.78 Å². The van der Waals surface area contributed by atoms with E-state index in [0.717, 1.165) is 6.07 Å². The number of esters is 1. The number of nitrogens with zero attached hydrogens (tertiary/aromatic N) is 2. The van der Waals surface area contributed by atoms with Gasteiger partial charge in [-0.2, -0.15) is 5.10 Å². The van der Waals surface area contributed by atoms with E-state index in [4.69, 9.17) is 27.5 Å². The number of nitrogens with one attached hydrogen (secondary N) is 2. The lowest BCUT2D eigenvalue weighted by atomic mass is 10.3. The largest absolute Gasteiger partial charge is 0.479 e. The maximum Gasteiger partial charge on any atom is 0.343 e. The molecule has 2 rings (SSSR count). The van der Waals surface area contributed by atoms with Crippen molar-refractivity contribution in [3.8, 4) is 18.1 Å². The van der Waals surface area contributed by atoms with Crippen molar-refractivity contribution < 1.29 is 23.5 Å². The van der Waals surface area contributed by atoms with Crippen LogP contribution in [0.2, 0.25) is 5.02 Å². The molecule has 0 bridgehead atoms. The van der Waals surface area contributed by atoms with Crippen LogP contribution < -0.4 is 15.4 Å². The van der Waals surface area contributed by atoms with E-state index in [2.05, 4.69) is 21.7 Å². The van der Waals surface area contributed by atoms with Crippen molar-refractivity contribution in [2.24, 2.45) is 7.05 Å². The van der Waals surface area contributed by atoms with Gasteiger partial charge in [0.2, 0.25) is 0 Å². The van der Waals surface area contributed by atoms with E-state index in [1.54, 1.807) is 6.92 Å². The Bertz CT molecular complexity index is 907. The molecule has 0 saturated heterocycles. The van der Waals surface area contributed by atoms with Crippen molar-refractivity contribution in [1.29, 1.82) is 0 Å². The fourth-order valence-electron chi connectivity index (χ4n) is 2.06. The number of carbonyl (C=O) groups is 2. The first kappa shape index (κ1) is 20.1. The fraction of sp³-hybridized carbons (Fsp3) is 0.235. The second-order valence-corrected chi connectivity index (χ2v) is 5.49. The molecule has 0 unspecified atom stereocenters. The molecule has 0 aliphatic heterocycles. The molecule has 2 amide bonds. The first-order valence-electron chi connectivity index (χ1n) is 7.69. The van der Waals surface area contributed by atoms with Gasteiger partial charge in [-0.3, -0.25) is 10.00 Å². The van der Waals surface area contributed by atoms with Crippen LogP contribution >= 0.6 is 11.6 Å². The Morgan fingerprint density at radius 3 is 2.81 bits per heavy atom. The molecule has 0 saturated carbocycles. The summed E-state index contributed by atoms with van der Waals surface area (Å²) in [7, 11) is 1.52. The van der Waals surface area contributed by atoms with E-state index < -0.39 is 17.8 Å². The third-order valence-corrected chi connectivity index (χ3v) is 3.54. The number of ether oxygens (including phenoxy) is 2. The van der Waals surface area contributed by atoms with Crippen LogP contribution in [0.25, 0.3) is 0 Å². The molecule has 0 aliphatic carbocycles. The molecule has 0 fully saturated rings. The summed E-state index contributed by atoms with van der Waals surface area (Å²) in [4.78, 5) is 24.1. The molecule has 27 heavy (non-hydrogen) atoms. The van der Waals surface area contributed by atoms with Crippen LogP contribution in [0, 0.1) is 18.2 Å². The maximum absolute atomic E-state index is 14.1. The van der Waals surface area contributed by atoms with E-state index in [0.29, 0.717) is 0 Å². The van der Waals surface area contributed by atoms with Crippen LogP contribution in [-0.4, -0.2) is 35.0 Å². The van der Waals surface area contributed by atoms with Gasteiger partial charge in [0, 0.05) is 13.1 Å². The van der Waals surface area contributed by atoms with Crippen LogP contribution in [0.3, 0.4) is 0 Å². The number of halogens is 2. The van der Waals surface area contributed by atoms with Crippen molar-refractivity contribution >= 4 is 35.1 Å². The molecule has 10 heteroatoms. The van der Waals surface area contributed by atoms with E-state index in [1.165, 1.54) is 24.0 Å². The van der Waals surface area contributed by atoms with Crippen LogP contribution in [-0.2, 0) is 11.8 Å². The zero-order valence-corrected chi connectivity index (χ0v) is 15.3. The molecule has 1 aromatic heterocycles. The van der Waals surface area contributed by atoms with Gasteiger partial charge in [0.1, 0.15) is 29.6 Å². The topological polar surface area (TPSA) is 94.5 Å². The average molecular weight is 395 g/mol. The number of rotatable bonds is 6. The summed E-state index contributed by atoms with van der Waals surface area (Å²) in [5.41, 5.74) is -0.132. The Hall–Kier alpha value is -3.25. The average Bonchev–Trinajstić information content (AvgIpc) is 2.97. The summed E-state index contributed by atoms with van der Waals surface area (Å²) < 4.78 is 25.4. The molecule has 1 heterocycles. The van der Waals surface area contributed by atoms with Gasteiger partial charge in [-0.05, 0) is 13.0 Å². The molecule has 142 valence electrons. The summed E-state index contributed by atoms with van der Waals surface area (Å²) >= 11 is 5.87. The van der Waals surface area contributed by atoms with E-state index in [1.807, 2.05) is 0 Å². The molecular weight excluding hydrogens is 379 g/mol. The molecule has 0 radical (unpaired) electrons. The van der Waals surface area contributed by atoms with Crippen LogP contribution in [0.1, 0.15) is 17.3 Å². The van der Waals surface area contributed by atoms with Crippen molar-refractivity contribution in [2.75, 3.05) is 23.8 Å². The Morgan fingerprint density at radius 2 is 2.15 bits per heavy atom. The number of hydrogen-bond acceptors (Lipinski definition) is 5. The molecular formula is C17H16ClFN4O4. The minimum atomic E-state index is -0.812. The van der Waals surface area contributed by atoms with Crippen LogP contribution in [0.4, 0.5) is 20.7 Å². The molecule has 2 N–H and O–H groups in total. The number of amides is 2. The Labute approximate surface area is 159 Å². The highest BCUT2D eigenvalue weighted by Crippen LogP contribution is 2.30. The number of aryl methyl sites for hydroxylation is 1. The van der Waals surface area contributed by atoms with Crippen LogP contribution in [0.5, 0.6) is 5.75 Å². The molecule has 1 aromatic carbocycles. The van der Waals surface area contributed by atoms with Gasteiger partial charge in [0.15, 0.2) is 0 Å². The Balaban J connectivity index is 2.18. The zero-order chi connectivity index (χ0) is 20.0. The zero-order valence-electron chi connectivity index (χ0n) is 14.5. The summed E-state index contributed by atoms with van der Waals surface area (Å²) in [6.45, 7) is 1.74. The minimum absolute atomic E-state index is 0.00457. The fourth-order valence-corrected chi connectivity index (χ4v) is 2.26. The molecule has 0 spiro atoms. The van der Waals surface area contributed by atoms with Gasteiger partial charge in [-0.25, -0.2) is 14.0 Å². The van der Waals surface area contributed by atoms with E-state index in [9.17, 15) is 14.0 Å². The third-order valence-electron chi connectivity index (χ3n) is 3.25. The van der Waals surface area contributed by atoms with E-state index in [-0.39, 0.29) is 41.1 Å². The number of terminal acetylenes is 1. The first-order chi connectivity index (χ1) is 12.9. The normalized spacial score (nSPS) is 10.0. The van der Waals surface area contributed by atoms with Gasteiger partial charge in [0.05, 0.1) is 23.5 Å². The number of urea groups is 1. The summed E-state index contributed by atoms with van der Waals surface area (Å²) in [6.07, 6.45) is 6.36. The van der Waals surface area contributed by atoms with Crippen molar-refractivity contribution in [3.05, 3.63) is 34.7 Å². The van der Waals surface area contributed by atoms with Crippen LogP contribution in [0.15, 0.2) is 18.3 Å². The van der Waals surface area contributed by atoms with Gasteiger partial charge >= 0.3 is 12.0 Å². The summed E-state index contributed by atoms with van der Waals surface area (Å²) in [5.74, 6) is 1.02. The van der Waals surface area contributed by atoms with E-state index >= 15 is 0 Å². The van der Waals surface area contributed by atoms with Crippen molar-refractivity contribution in [3.63, 3.8) is 0 Å². The summed E-state index contributed by atoms with van der Waals surface area (Å²) in [5, 5.41) is 8.64. The molecule has 2 aromatic rings. The third kappa shape index (κ3) is 4.89. The minimum Gasteiger partial charge on any atom is -0.479 e. The number of carbonyl (C=O) groups excluding carboxylic acids is 2. The second-order valence-electron chi connectivity index (χ2n) is 5.09. The Morgan fingerprint density at radius 1 is 1.41 bits per heavy atom. The Kier molecular flexibility index (Phi) is 6.62. The van der Waals surface area contributed by atoms with Gasteiger partial charge in [-0.1, -0.05) is 17.5 Å².